The minimum absolute atomic E-state index is 0.581. The topological polar surface area (TPSA) is 29.0 Å². The van der Waals surface area contributed by atoms with Gasteiger partial charge in [-0.25, -0.2) is 9.97 Å². The summed E-state index contributed by atoms with van der Waals surface area (Å²) in [5.41, 5.74) is 0. The van der Waals surface area contributed by atoms with Crippen LogP contribution in [-0.2, 0) is 0 Å². The summed E-state index contributed by atoms with van der Waals surface area (Å²) in [6.45, 7) is 2.29. The van der Waals surface area contributed by atoms with E-state index in [2.05, 4.69) is 40.3 Å². The third-order valence-electron chi connectivity index (χ3n) is 3.49. The molecule has 0 N–H and O–H groups in total. The van der Waals surface area contributed by atoms with Crippen molar-refractivity contribution < 1.29 is 0 Å². The SMILES string of the molecule is CC(C1CC1)N(C)c1ncnc2sccc12. The summed E-state index contributed by atoms with van der Waals surface area (Å²) in [5, 5.41) is 3.26. The molecule has 2 aromatic rings. The third kappa shape index (κ3) is 1.57. The molecule has 3 nitrogen and oxygen atoms in total. The molecular formula is C12H15N3S. The maximum Gasteiger partial charge on any atom is 0.140 e. The van der Waals surface area contributed by atoms with Crippen molar-refractivity contribution in [2.24, 2.45) is 5.92 Å². The van der Waals surface area contributed by atoms with Gasteiger partial charge in [0.1, 0.15) is 17.0 Å². The first-order valence-electron chi connectivity index (χ1n) is 5.68. The third-order valence-corrected chi connectivity index (χ3v) is 4.31. The second kappa shape index (κ2) is 3.70. The van der Waals surface area contributed by atoms with E-state index < -0.39 is 0 Å². The van der Waals surface area contributed by atoms with Crippen LogP contribution in [0.15, 0.2) is 17.8 Å². The van der Waals surface area contributed by atoms with Crippen molar-refractivity contribution in [3.8, 4) is 0 Å². The number of hydrogen-bond donors (Lipinski definition) is 0. The molecule has 0 aromatic carbocycles. The Balaban J connectivity index is 2.00. The average Bonchev–Trinajstić information content (AvgIpc) is 3.04. The van der Waals surface area contributed by atoms with Crippen molar-refractivity contribution in [3.05, 3.63) is 17.8 Å². The van der Waals surface area contributed by atoms with E-state index in [0.717, 1.165) is 16.6 Å². The molecule has 16 heavy (non-hydrogen) atoms. The van der Waals surface area contributed by atoms with Gasteiger partial charge in [0.25, 0.3) is 0 Å². The number of nitrogens with zero attached hydrogens (tertiary/aromatic N) is 3. The first kappa shape index (κ1) is 10.0. The summed E-state index contributed by atoms with van der Waals surface area (Å²) in [4.78, 5) is 12.1. The lowest BCUT2D eigenvalue weighted by Gasteiger charge is -2.26. The van der Waals surface area contributed by atoms with Gasteiger partial charge in [0.2, 0.25) is 0 Å². The molecular weight excluding hydrogens is 218 g/mol. The first-order valence-corrected chi connectivity index (χ1v) is 6.56. The zero-order chi connectivity index (χ0) is 11.1. The molecule has 1 aliphatic rings. The zero-order valence-electron chi connectivity index (χ0n) is 9.55. The van der Waals surface area contributed by atoms with E-state index in [1.54, 1.807) is 17.7 Å². The predicted molar refractivity (Wildman–Crippen MR) is 68.0 cm³/mol. The molecule has 0 bridgehead atoms. The Morgan fingerprint density at radius 1 is 1.44 bits per heavy atom. The number of hydrogen-bond acceptors (Lipinski definition) is 4. The molecule has 1 aliphatic carbocycles. The fraction of sp³-hybridized carbons (Fsp3) is 0.500. The number of anilines is 1. The van der Waals surface area contributed by atoms with Crippen LogP contribution in [0.3, 0.4) is 0 Å². The Labute approximate surface area is 99.1 Å². The van der Waals surface area contributed by atoms with E-state index in [4.69, 9.17) is 0 Å². The Kier molecular flexibility index (Phi) is 2.32. The van der Waals surface area contributed by atoms with Gasteiger partial charge >= 0.3 is 0 Å². The van der Waals surface area contributed by atoms with Crippen molar-refractivity contribution in [2.75, 3.05) is 11.9 Å². The lowest BCUT2D eigenvalue weighted by atomic mass is 10.2. The van der Waals surface area contributed by atoms with Gasteiger partial charge in [-0.15, -0.1) is 11.3 Å². The van der Waals surface area contributed by atoms with Crippen molar-refractivity contribution in [3.63, 3.8) is 0 Å². The molecule has 2 heterocycles. The van der Waals surface area contributed by atoms with Crippen LogP contribution in [-0.4, -0.2) is 23.1 Å². The summed E-state index contributed by atoms with van der Waals surface area (Å²) in [6.07, 6.45) is 4.40. The highest BCUT2D eigenvalue weighted by Gasteiger charge is 2.31. The summed E-state index contributed by atoms with van der Waals surface area (Å²) in [5.74, 6) is 1.93. The molecule has 2 aromatic heterocycles. The van der Waals surface area contributed by atoms with E-state index in [1.807, 2.05) is 0 Å². The molecule has 0 spiro atoms. The highest BCUT2D eigenvalue weighted by molar-refractivity contribution is 7.16. The molecule has 0 radical (unpaired) electrons. The fourth-order valence-electron chi connectivity index (χ4n) is 2.15. The quantitative estimate of drug-likeness (QED) is 0.816. The Morgan fingerprint density at radius 2 is 2.25 bits per heavy atom. The monoisotopic (exact) mass is 233 g/mol. The van der Waals surface area contributed by atoms with E-state index in [1.165, 1.54) is 18.2 Å². The smallest absolute Gasteiger partial charge is 0.140 e. The van der Waals surface area contributed by atoms with E-state index in [-0.39, 0.29) is 0 Å². The van der Waals surface area contributed by atoms with E-state index in [9.17, 15) is 0 Å². The highest BCUT2D eigenvalue weighted by Crippen LogP contribution is 2.37. The van der Waals surface area contributed by atoms with Crippen LogP contribution in [0, 0.1) is 5.92 Å². The summed E-state index contributed by atoms with van der Waals surface area (Å²) >= 11 is 1.68. The fourth-order valence-corrected chi connectivity index (χ4v) is 2.87. The van der Waals surface area contributed by atoms with Crippen LogP contribution in [0.25, 0.3) is 10.2 Å². The number of thiophene rings is 1. The van der Waals surface area contributed by atoms with E-state index >= 15 is 0 Å². The van der Waals surface area contributed by atoms with Crippen LogP contribution in [0.5, 0.6) is 0 Å². The van der Waals surface area contributed by atoms with Crippen molar-refractivity contribution >= 4 is 27.4 Å². The van der Waals surface area contributed by atoms with Crippen molar-refractivity contribution in [1.82, 2.24) is 9.97 Å². The molecule has 3 rings (SSSR count). The van der Waals surface area contributed by atoms with Gasteiger partial charge in [0, 0.05) is 13.1 Å². The zero-order valence-corrected chi connectivity index (χ0v) is 10.4. The number of rotatable bonds is 3. The molecule has 1 saturated carbocycles. The Hall–Kier alpha value is -1.16. The number of aromatic nitrogens is 2. The Bertz CT molecular complexity index is 504. The van der Waals surface area contributed by atoms with Crippen LogP contribution in [0.2, 0.25) is 0 Å². The molecule has 1 fully saturated rings. The number of fused-ring (bicyclic) bond motifs is 1. The predicted octanol–water partition coefficient (Wildman–Crippen LogP) is 2.93. The van der Waals surface area contributed by atoms with Crippen LogP contribution in [0.4, 0.5) is 5.82 Å². The van der Waals surface area contributed by atoms with Gasteiger partial charge < -0.3 is 4.90 Å². The lowest BCUT2D eigenvalue weighted by molar-refractivity contribution is 0.605. The minimum atomic E-state index is 0.581. The minimum Gasteiger partial charge on any atom is -0.356 e. The van der Waals surface area contributed by atoms with Gasteiger partial charge in [-0.05, 0) is 37.1 Å². The van der Waals surface area contributed by atoms with Gasteiger partial charge in [-0.3, -0.25) is 0 Å². The molecule has 0 saturated heterocycles. The van der Waals surface area contributed by atoms with Crippen LogP contribution >= 0.6 is 11.3 Å². The average molecular weight is 233 g/mol. The van der Waals surface area contributed by atoms with Crippen LogP contribution in [0.1, 0.15) is 19.8 Å². The second-order valence-electron chi connectivity index (χ2n) is 4.53. The maximum atomic E-state index is 4.43. The van der Waals surface area contributed by atoms with Crippen molar-refractivity contribution in [2.45, 2.75) is 25.8 Å². The molecule has 1 atom stereocenters. The van der Waals surface area contributed by atoms with Gasteiger partial charge in [-0.2, -0.15) is 0 Å². The second-order valence-corrected chi connectivity index (χ2v) is 5.42. The normalized spacial score (nSPS) is 17.6. The largest absolute Gasteiger partial charge is 0.356 e. The lowest BCUT2D eigenvalue weighted by Crippen LogP contribution is -2.31. The maximum absolute atomic E-state index is 4.43. The molecule has 1 unspecified atom stereocenters. The van der Waals surface area contributed by atoms with Gasteiger partial charge in [0.15, 0.2) is 0 Å². The van der Waals surface area contributed by atoms with Gasteiger partial charge in [0.05, 0.1) is 5.39 Å². The molecule has 0 amide bonds. The summed E-state index contributed by atoms with van der Waals surface area (Å²) in [6, 6.07) is 2.70. The van der Waals surface area contributed by atoms with E-state index in [0.29, 0.717) is 6.04 Å². The standard InChI is InChI=1S/C12H15N3S/c1-8(9-3-4-9)15(2)11-10-5-6-16-12(10)14-7-13-11/h5-9H,3-4H2,1-2H3. The molecule has 84 valence electrons. The Morgan fingerprint density at radius 3 is 3.00 bits per heavy atom. The molecule has 0 aliphatic heterocycles. The molecule has 4 heteroatoms. The first-order chi connectivity index (χ1) is 7.77. The summed E-state index contributed by atoms with van der Waals surface area (Å²) in [7, 11) is 2.14. The summed E-state index contributed by atoms with van der Waals surface area (Å²) < 4.78 is 0. The highest BCUT2D eigenvalue weighted by atomic mass is 32.1. The van der Waals surface area contributed by atoms with Gasteiger partial charge in [-0.1, -0.05) is 0 Å². The van der Waals surface area contributed by atoms with Crippen molar-refractivity contribution in [1.29, 1.82) is 0 Å². The van der Waals surface area contributed by atoms with Crippen LogP contribution < -0.4 is 4.90 Å².